The van der Waals surface area contributed by atoms with E-state index in [1.54, 1.807) is 22.8 Å². The van der Waals surface area contributed by atoms with Crippen molar-refractivity contribution in [3.8, 4) is 0 Å². The molecule has 9 heteroatoms. The fourth-order valence-corrected chi connectivity index (χ4v) is 5.80. The molecule has 4 rings (SSSR count). The quantitative estimate of drug-likeness (QED) is 0.767. The smallest absolute Gasteiger partial charge is 0.292 e. The molecule has 2 saturated heterocycles. The molecule has 136 valence electrons. The van der Waals surface area contributed by atoms with Crippen LogP contribution in [-0.2, 0) is 14.6 Å². The molecule has 2 amide bonds. The average Bonchev–Trinajstić information content (AvgIpc) is 3.21. The largest absolute Gasteiger partial charge is 0.351 e. The van der Waals surface area contributed by atoms with Crippen LogP contribution in [0.5, 0.6) is 0 Å². The molecule has 0 bridgehead atoms. The second kappa shape index (κ2) is 5.82. The second-order valence-electron chi connectivity index (χ2n) is 7.04. The Morgan fingerprint density at radius 2 is 1.84 bits per heavy atom. The average molecular weight is 367 g/mol. The summed E-state index contributed by atoms with van der Waals surface area (Å²) in [4.78, 5) is 28.2. The Balaban J connectivity index is 1.59. The highest BCUT2D eigenvalue weighted by molar-refractivity contribution is 7.91. The predicted octanol–water partition coefficient (Wildman–Crippen LogP) is 0.412. The number of hydrogen-bond donors (Lipinski definition) is 0. The van der Waals surface area contributed by atoms with Gasteiger partial charge in [-0.05, 0) is 12.8 Å². The zero-order valence-corrected chi connectivity index (χ0v) is 14.9. The Morgan fingerprint density at radius 3 is 2.48 bits per heavy atom. The summed E-state index contributed by atoms with van der Waals surface area (Å²) < 4.78 is 29.5. The molecule has 8 nitrogen and oxygen atoms in total. The molecule has 0 radical (unpaired) electrons. The summed E-state index contributed by atoms with van der Waals surface area (Å²) in [6.07, 6.45) is 2.44. The number of carbonyl (C=O) groups is 2. The number of nitrogens with zero attached hydrogens (tertiary/aromatic N) is 3. The topological polar surface area (TPSA) is 101 Å². The molecule has 0 aromatic carbocycles. The van der Waals surface area contributed by atoms with Gasteiger partial charge in [-0.25, -0.2) is 8.42 Å². The van der Waals surface area contributed by atoms with Gasteiger partial charge in [-0.3, -0.25) is 9.59 Å². The van der Waals surface area contributed by atoms with E-state index in [4.69, 9.17) is 4.52 Å². The summed E-state index contributed by atoms with van der Waals surface area (Å²) in [6.45, 7) is 2.41. The van der Waals surface area contributed by atoms with Crippen LogP contribution >= 0.6 is 0 Å². The zero-order valence-electron chi connectivity index (χ0n) is 14.1. The molecular weight excluding hydrogens is 346 g/mol. The van der Waals surface area contributed by atoms with Gasteiger partial charge in [0.2, 0.25) is 11.7 Å². The standard InChI is InChI=1S/C16H21N3O5S/c1-2-15(20)18-5-6-19(13-9-25(22,23)8-12(13)18)16(21)14-7-11(17-24-14)10-3-4-10/h7,10,12-13H,2-6,8-9H2,1H3/t12-,13+/m1/s1. The molecule has 1 aromatic rings. The molecular formula is C16H21N3O5S. The van der Waals surface area contributed by atoms with Crippen LogP contribution in [0.25, 0.3) is 0 Å². The van der Waals surface area contributed by atoms with Gasteiger partial charge in [-0.1, -0.05) is 12.1 Å². The molecule has 0 unspecified atom stereocenters. The normalized spacial score (nSPS) is 28.0. The van der Waals surface area contributed by atoms with Crippen molar-refractivity contribution in [2.24, 2.45) is 0 Å². The fourth-order valence-electron chi connectivity index (χ4n) is 3.82. The highest BCUT2D eigenvalue weighted by atomic mass is 32.2. The first-order chi connectivity index (χ1) is 11.9. The molecule has 1 saturated carbocycles. The lowest BCUT2D eigenvalue weighted by atomic mass is 10.0. The molecule has 3 fully saturated rings. The molecule has 3 aliphatic rings. The zero-order chi connectivity index (χ0) is 17.8. The lowest BCUT2D eigenvalue weighted by Crippen LogP contribution is -2.61. The molecule has 1 aromatic heterocycles. The van der Waals surface area contributed by atoms with Crippen molar-refractivity contribution in [2.75, 3.05) is 24.6 Å². The number of fused-ring (bicyclic) bond motifs is 1. The first-order valence-electron chi connectivity index (χ1n) is 8.67. The first kappa shape index (κ1) is 16.6. The minimum Gasteiger partial charge on any atom is -0.351 e. The van der Waals surface area contributed by atoms with E-state index in [1.165, 1.54) is 0 Å². The Morgan fingerprint density at radius 1 is 1.20 bits per heavy atom. The Kier molecular flexibility index (Phi) is 3.86. The minimum absolute atomic E-state index is 0.0742. The molecule has 2 aliphatic heterocycles. The van der Waals surface area contributed by atoms with Crippen molar-refractivity contribution in [3.63, 3.8) is 0 Å². The van der Waals surface area contributed by atoms with Crippen LogP contribution in [0.3, 0.4) is 0 Å². The number of amides is 2. The summed E-state index contributed by atoms with van der Waals surface area (Å²) in [5, 5.41) is 3.96. The van der Waals surface area contributed by atoms with Crippen molar-refractivity contribution in [2.45, 2.75) is 44.2 Å². The lowest BCUT2D eigenvalue weighted by Gasteiger charge is -2.43. The van der Waals surface area contributed by atoms with Crippen LogP contribution in [-0.4, -0.2) is 71.9 Å². The van der Waals surface area contributed by atoms with E-state index in [0.717, 1.165) is 18.5 Å². The fraction of sp³-hybridized carbons (Fsp3) is 0.688. The van der Waals surface area contributed by atoms with E-state index < -0.39 is 21.9 Å². The minimum atomic E-state index is -3.28. The maximum atomic E-state index is 12.8. The maximum absolute atomic E-state index is 12.8. The Labute approximate surface area is 146 Å². The van der Waals surface area contributed by atoms with Gasteiger partial charge in [0, 0.05) is 31.5 Å². The van der Waals surface area contributed by atoms with Gasteiger partial charge in [0.1, 0.15) is 0 Å². The second-order valence-corrected chi connectivity index (χ2v) is 9.19. The Hall–Kier alpha value is -1.90. The highest BCUT2D eigenvalue weighted by Crippen LogP contribution is 2.39. The number of aromatic nitrogens is 1. The van der Waals surface area contributed by atoms with E-state index >= 15 is 0 Å². The van der Waals surface area contributed by atoms with Crippen molar-refractivity contribution in [3.05, 3.63) is 17.5 Å². The van der Waals surface area contributed by atoms with E-state index in [2.05, 4.69) is 5.16 Å². The van der Waals surface area contributed by atoms with Crippen LogP contribution in [0.15, 0.2) is 10.6 Å². The first-order valence-corrected chi connectivity index (χ1v) is 10.5. The van der Waals surface area contributed by atoms with Gasteiger partial charge in [0.05, 0.1) is 29.3 Å². The van der Waals surface area contributed by atoms with Gasteiger partial charge in [-0.2, -0.15) is 0 Å². The maximum Gasteiger partial charge on any atom is 0.292 e. The van der Waals surface area contributed by atoms with Crippen molar-refractivity contribution in [1.82, 2.24) is 15.0 Å². The van der Waals surface area contributed by atoms with E-state index in [-0.39, 0.29) is 29.1 Å². The van der Waals surface area contributed by atoms with Gasteiger partial charge in [0.15, 0.2) is 9.84 Å². The van der Waals surface area contributed by atoms with Crippen LogP contribution in [0.4, 0.5) is 0 Å². The van der Waals surface area contributed by atoms with E-state index in [1.807, 2.05) is 0 Å². The van der Waals surface area contributed by atoms with Crippen LogP contribution in [0.1, 0.15) is 48.4 Å². The summed E-state index contributed by atoms with van der Waals surface area (Å²) in [5.74, 6) is -0.0774. The van der Waals surface area contributed by atoms with Gasteiger partial charge in [-0.15, -0.1) is 0 Å². The van der Waals surface area contributed by atoms with Gasteiger partial charge < -0.3 is 14.3 Å². The molecule has 25 heavy (non-hydrogen) atoms. The highest BCUT2D eigenvalue weighted by Gasteiger charge is 2.49. The lowest BCUT2D eigenvalue weighted by molar-refractivity contribution is -0.136. The van der Waals surface area contributed by atoms with Gasteiger partial charge >= 0.3 is 0 Å². The van der Waals surface area contributed by atoms with Crippen LogP contribution < -0.4 is 0 Å². The van der Waals surface area contributed by atoms with Crippen LogP contribution in [0, 0.1) is 0 Å². The molecule has 0 N–H and O–H groups in total. The molecule has 3 heterocycles. The number of sulfone groups is 1. The summed E-state index contributed by atoms with van der Waals surface area (Å²) in [5.41, 5.74) is 0.791. The molecule has 2 atom stereocenters. The summed E-state index contributed by atoms with van der Waals surface area (Å²) in [6, 6.07) is 0.680. The molecule has 1 aliphatic carbocycles. The van der Waals surface area contributed by atoms with Gasteiger partial charge in [0.25, 0.3) is 5.91 Å². The SMILES string of the molecule is CCC(=O)N1CCN(C(=O)c2cc(C3CC3)no2)[C@H]2CS(=O)(=O)C[C@H]21. The monoisotopic (exact) mass is 367 g/mol. The number of rotatable bonds is 3. The third kappa shape index (κ3) is 2.94. The molecule has 0 spiro atoms. The Bertz CT molecular complexity index is 813. The van der Waals surface area contributed by atoms with E-state index in [9.17, 15) is 18.0 Å². The van der Waals surface area contributed by atoms with Crippen molar-refractivity contribution < 1.29 is 22.5 Å². The third-order valence-electron chi connectivity index (χ3n) is 5.29. The van der Waals surface area contributed by atoms with Crippen molar-refractivity contribution >= 4 is 21.7 Å². The predicted molar refractivity (Wildman–Crippen MR) is 87.7 cm³/mol. The van der Waals surface area contributed by atoms with Crippen molar-refractivity contribution in [1.29, 1.82) is 0 Å². The number of piperazine rings is 1. The summed E-state index contributed by atoms with van der Waals surface area (Å²) in [7, 11) is -3.28. The van der Waals surface area contributed by atoms with E-state index in [0.29, 0.717) is 25.4 Å². The summed E-state index contributed by atoms with van der Waals surface area (Å²) >= 11 is 0. The number of carbonyl (C=O) groups excluding carboxylic acids is 2. The third-order valence-corrected chi connectivity index (χ3v) is 6.99. The number of hydrogen-bond acceptors (Lipinski definition) is 6. The van der Waals surface area contributed by atoms with Crippen LogP contribution in [0.2, 0.25) is 0 Å².